The summed E-state index contributed by atoms with van der Waals surface area (Å²) in [5, 5.41) is 14.4. The lowest BCUT2D eigenvalue weighted by atomic mass is 9.91. The van der Waals surface area contributed by atoms with Crippen LogP contribution in [0.15, 0.2) is 91.0 Å². The molecule has 3 fully saturated rings. The number of hydrogen-bond acceptors (Lipinski definition) is 8. The lowest BCUT2D eigenvalue weighted by Gasteiger charge is -2.32. The van der Waals surface area contributed by atoms with E-state index in [4.69, 9.17) is 23.8 Å². The summed E-state index contributed by atoms with van der Waals surface area (Å²) in [6.45, 7) is 4.29. The van der Waals surface area contributed by atoms with Crippen LogP contribution in [0.4, 0.5) is 0 Å². The molecule has 0 radical (unpaired) electrons. The highest BCUT2D eigenvalue weighted by atomic mass is 16.8. The number of benzene rings is 3. The minimum atomic E-state index is -1.12. The molecule has 39 heavy (non-hydrogen) atoms. The molecule has 3 aromatic rings. The number of nitro groups is 1. The Balaban J connectivity index is 1.36. The Bertz CT molecular complexity index is 1260. The second-order valence-corrected chi connectivity index (χ2v) is 10.6. The summed E-state index contributed by atoms with van der Waals surface area (Å²) in [5.41, 5.74) is 2.68. The van der Waals surface area contributed by atoms with Crippen LogP contribution in [-0.2, 0) is 36.9 Å². The van der Waals surface area contributed by atoms with E-state index < -0.39 is 48.6 Å². The summed E-state index contributed by atoms with van der Waals surface area (Å²) in [6.07, 6.45) is -3.43. The average Bonchev–Trinajstić information content (AvgIpc) is 3.56. The van der Waals surface area contributed by atoms with Gasteiger partial charge in [-0.3, -0.25) is 15.0 Å². The fraction of sp³-hybridized carbons (Fsp3) is 0.400. The van der Waals surface area contributed by atoms with Crippen LogP contribution in [0.2, 0.25) is 0 Å². The van der Waals surface area contributed by atoms with Gasteiger partial charge < -0.3 is 18.9 Å². The molecule has 0 spiro atoms. The van der Waals surface area contributed by atoms with Crippen LogP contribution in [0.25, 0.3) is 0 Å². The maximum Gasteiger partial charge on any atom is 0.265 e. The SMILES string of the molecule is CC1(C)O[C@H]2O[C@H]([C@H]3[C@H]([N+](=O)[O-])[C@@H](c4ccccc4)ON3Cc3ccccc3)[C@H](OCc3ccccc3)[C@H]2O1. The van der Waals surface area contributed by atoms with Gasteiger partial charge in [0, 0.05) is 11.5 Å². The third-order valence-corrected chi connectivity index (χ3v) is 7.44. The third kappa shape index (κ3) is 5.34. The monoisotopic (exact) mass is 532 g/mol. The molecule has 3 aliphatic rings. The van der Waals surface area contributed by atoms with Gasteiger partial charge in [-0.2, -0.15) is 5.06 Å². The second kappa shape index (κ2) is 10.8. The molecule has 0 aromatic heterocycles. The Morgan fingerprint density at radius 1 is 0.872 bits per heavy atom. The fourth-order valence-electron chi connectivity index (χ4n) is 5.76. The Hall–Kier alpha value is -3.18. The molecular formula is C30H32N2O7. The van der Waals surface area contributed by atoms with E-state index in [1.165, 1.54) is 0 Å². The van der Waals surface area contributed by atoms with Gasteiger partial charge in [-0.1, -0.05) is 91.0 Å². The lowest BCUT2D eigenvalue weighted by Crippen LogP contribution is -2.53. The first-order valence-corrected chi connectivity index (χ1v) is 13.2. The molecule has 0 N–H and O–H groups in total. The van der Waals surface area contributed by atoms with Crippen molar-refractivity contribution < 1.29 is 28.7 Å². The first-order chi connectivity index (χ1) is 18.9. The van der Waals surface area contributed by atoms with Crippen LogP contribution in [0.1, 0.15) is 36.6 Å². The van der Waals surface area contributed by atoms with Crippen molar-refractivity contribution in [2.75, 3.05) is 0 Å². The van der Waals surface area contributed by atoms with E-state index in [1.807, 2.05) is 105 Å². The highest BCUT2D eigenvalue weighted by Gasteiger charge is 2.64. The molecule has 6 rings (SSSR count). The minimum Gasteiger partial charge on any atom is -0.368 e. The van der Waals surface area contributed by atoms with E-state index in [1.54, 1.807) is 5.06 Å². The highest BCUT2D eigenvalue weighted by Crippen LogP contribution is 2.46. The van der Waals surface area contributed by atoms with Gasteiger partial charge in [-0.05, 0) is 30.5 Å². The molecule has 9 heteroatoms. The zero-order chi connectivity index (χ0) is 27.0. The number of ether oxygens (including phenoxy) is 4. The van der Waals surface area contributed by atoms with Gasteiger partial charge in [-0.25, -0.2) is 0 Å². The van der Waals surface area contributed by atoms with Crippen molar-refractivity contribution in [1.82, 2.24) is 5.06 Å². The molecule has 3 saturated heterocycles. The maximum absolute atomic E-state index is 12.7. The third-order valence-electron chi connectivity index (χ3n) is 7.44. The van der Waals surface area contributed by atoms with Crippen molar-refractivity contribution in [2.24, 2.45) is 0 Å². The molecule has 0 saturated carbocycles. The zero-order valence-corrected chi connectivity index (χ0v) is 21.9. The molecule has 3 heterocycles. The summed E-state index contributed by atoms with van der Waals surface area (Å²) < 4.78 is 25.2. The van der Waals surface area contributed by atoms with Crippen molar-refractivity contribution >= 4 is 0 Å². The number of hydrogen-bond donors (Lipinski definition) is 0. The zero-order valence-electron chi connectivity index (χ0n) is 21.9. The van der Waals surface area contributed by atoms with Gasteiger partial charge in [0.2, 0.25) is 0 Å². The Morgan fingerprint density at radius 3 is 2.13 bits per heavy atom. The van der Waals surface area contributed by atoms with Crippen molar-refractivity contribution in [2.45, 2.75) is 75.6 Å². The number of fused-ring (bicyclic) bond motifs is 1. The molecule has 7 atom stereocenters. The maximum atomic E-state index is 12.7. The van der Waals surface area contributed by atoms with Gasteiger partial charge in [-0.15, -0.1) is 0 Å². The van der Waals surface area contributed by atoms with Crippen LogP contribution in [0, 0.1) is 10.1 Å². The largest absolute Gasteiger partial charge is 0.368 e. The van der Waals surface area contributed by atoms with E-state index in [-0.39, 0.29) is 4.92 Å². The molecule has 0 amide bonds. The van der Waals surface area contributed by atoms with Crippen molar-refractivity contribution in [3.8, 4) is 0 Å². The standard InChI is InChI=1S/C30H32N2O7/c1-30(2)37-28-27(35-19-21-14-8-4-9-15-21)26(36-29(28)38-30)23-24(32(33)34)25(22-16-10-5-11-17-22)39-31(23)18-20-12-6-3-7-13-20/h3-17,23-29H,18-19H2,1-2H3/t23-,24+,25-,26-,27+,28-,29-/m1/s1. The number of hydroxylamine groups is 2. The Labute approximate surface area is 227 Å². The molecule has 204 valence electrons. The highest BCUT2D eigenvalue weighted by molar-refractivity contribution is 5.22. The van der Waals surface area contributed by atoms with Crippen LogP contribution in [0.3, 0.4) is 0 Å². The van der Waals surface area contributed by atoms with Gasteiger partial charge in [0.25, 0.3) is 6.04 Å². The quantitative estimate of drug-likeness (QED) is 0.306. The van der Waals surface area contributed by atoms with E-state index in [0.717, 1.165) is 16.7 Å². The summed E-state index contributed by atoms with van der Waals surface area (Å²) >= 11 is 0. The smallest absolute Gasteiger partial charge is 0.265 e. The van der Waals surface area contributed by atoms with Gasteiger partial charge in [0.05, 0.1) is 6.61 Å². The van der Waals surface area contributed by atoms with Gasteiger partial charge in [0.1, 0.15) is 24.4 Å². The van der Waals surface area contributed by atoms with E-state index in [2.05, 4.69) is 0 Å². The summed E-state index contributed by atoms with van der Waals surface area (Å²) in [7, 11) is 0. The summed E-state index contributed by atoms with van der Waals surface area (Å²) in [5.74, 6) is -0.861. The molecular weight excluding hydrogens is 500 g/mol. The predicted octanol–water partition coefficient (Wildman–Crippen LogP) is 4.65. The number of nitrogens with zero attached hydrogens (tertiary/aromatic N) is 2. The molecule has 0 bridgehead atoms. The van der Waals surface area contributed by atoms with E-state index in [0.29, 0.717) is 13.2 Å². The Morgan fingerprint density at radius 2 is 1.49 bits per heavy atom. The number of rotatable bonds is 8. The Kier molecular flexibility index (Phi) is 7.20. The summed E-state index contributed by atoms with van der Waals surface area (Å²) in [6, 6.07) is 27.0. The summed E-state index contributed by atoms with van der Waals surface area (Å²) in [4.78, 5) is 18.9. The normalized spacial score (nSPS) is 31.8. The van der Waals surface area contributed by atoms with Gasteiger partial charge in [0.15, 0.2) is 18.2 Å². The van der Waals surface area contributed by atoms with Crippen LogP contribution in [0.5, 0.6) is 0 Å². The topological polar surface area (TPSA) is 92.5 Å². The lowest BCUT2D eigenvalue weighted by molar-refractivity contribution is -0.533. The van der Waals surface area contributed by atoms with E-state index >= 15 is 0 Å². The first-order valence-electron chi connectivity index (χ1n) is 13.2. The second-order valence-electron chi connectivity index (χ2n) is 10.6. The molecule has 3 aliphatic heterocycles. The molecule has 0 aliphatic carbocycles. The van der Waals surface area contributed by atoms with Crippen molar-refractivity contribution in [3.63, 3.8) is 0 Å². The van der Waals surface area contributed by atoms with Crippen molar-refractivity contribution in [3.05, 3.63) is 118 Å². The van der Waals surface area contributed by atoms with E-state index in [9.17, 15) is 10.1 Å². The van der Waals surface area contributed by atoms with Crippen molar-refractivity contribution in [1.29, 1.82) is 0 Å². The first kappa shape index (κ1) is 26.1. The average molecular weight is 533 g/mol. The van der Waals surface area contributed by atoms with Crippen LogP contribution >= 0.6 is 0 Å². The van der Waals surface area contributed by atoms with Gasteiger partial charge >= 0.3 is 0 Å². The van der Waals surface area contributed by atoms with Crippen LogP contribution in [-0.4, -0.2) is 52.5 Å². The molecule has 3 aromatic carbocycles. The van der Waals surface area contributed by atoms with Crippen LogP contribution < -0.4 is 0 Å². The molecule has 0 unspecified atom stereocenters. The fourth-order valence-corrected chi connectivity index (χ4v) is 5.76. The predicted molar refractivity (Wildman–Crippen MR) is 141 cm³/mol. The minimum absolute atomic E-state index is 0.259. The molecule has 9 nitrogen and oxygen atoms in total.